The highest BCUT2D eigenvalue weighted by molar-refractivity contribution is 4.91. The van der Waals surface area contributed by atoms with Crippen molar-refractivity contribution in [1.82, 2.24) is 10.2 Å². The second kappa shape index (κ2) is 6.49. The van der Waals surface area contributed by atoms with E-state index in [1.807, 2.05) is 0 Å². The molecule has 0 aromatic rings. The van der Waals surface area contributed by atoms with Gasteiger partial charge < -0.3 is 5.32 Å². The Morgan fingerprint density at radius 2 is 2.00 bits per heavy atom. The normalized spacial score (nSPS) is 20.6. The topological polar surface area (TPSA) is 15.3 Å². The van der Waals surface area contributed by atoms with Crippen molar-refractivity contribution in [2.75, 3.05) is 13.6 Å². The van der Waals surface area contributed by atoms with Crippen LogP contribution in [0.3, 0.4) is 0 Å². The van der Waals surface area contributed by atoms with Gasteiger partial charge in [-0.05, 0) is 46.2 Å². The van der Waals surface area contributed by atoms with Gasteiger partial charge in [-0.15, -0.1) is 0 Å². The van der Waals surface area contributed by atoms with Crippen molar-refractivity contribution in [3.63, 3.8) is 0 Å². The highest BCUT2D eigenvalue weighted by atomic mass is 15.2. The number of nitrogens with zero attached hydrogens (tertiary/aromatic N) is 1. The molecule has 0 aromatic heterocycles. The number of unbranched alkanes of at least 4 members (excludes halogenated alkanes) is 1. The second-order valence-corrected chi connectivity index (χ2v) is 4.87. The molecule has 2 nitrogen and oxygen atoms in total. The Bertz CT molecular complexity index is 162. The van der Waals surface area contributed by atoms with Crippen LogP contribution in [0.25, 0.3) is 0 Å². The lowest BCUT2D eigenvalue weighted by atomic mass is 10.1. The second-order valence-electron chi connectivity index (χ2n) is 4.87. The predicted molar refractivity (Wildman–Crippen MR) is 67.2 cm³/mol. The van der Waals surface area contributed by atoms with Crippen molar-refractivity contribution in [2.45, 2.75) is 71.0 Å². The molecule has 2 atom stereocenters. The minimum absolute atomic E-state index is 0.655. The van der Waals surface area contributed by atoms with Crippen LogP contribution in [0.15, 0.2) is 0 Å². The Kier molecular flexibility index (Phi) is 5.62. The molecule has 1 rings (SSSR count). The first kappa shape index (κ1) is 13.0. The van der Waals surface area contributed by atoms with Gasteiger partial charge in [-0.1, -0.05) is 20.3 Å². The summed E-state index contributed by atoms with van der Waals surface area (Å²) in [5.41, 5.74) is 0. The summed E-state index contributed by atoms with van der Waals surface area (Å²) >= 11 is 0. The van der Waals surface area contributed by atoms with Gasteiger partial charge in [-0.25, -0.2) is 0 Å². The van der Waals surface area contributed by atoms with Crippen molar-refractivity contribution in [3.8, 4) is 0 Å². The quantitative estimate of drug-likeness (QED) is 0.665. The third-order valence-corrected chi connectivity index (χ3v) is 3.70. The van der Waals surface area contributed by atoms with Gasteiger partial charge in [0, 0.05) is 18.1 Å². The van der Waals surface area contributed by atoms with Gasteiger partial charge in [0.05, 0.1) is 0 Å². The van der Waals surface area contributed by atoms with E-state index in [1.165, 1.54) is 38.6 Å². The lowest BCUT2D eigenvalue weighted by Crippen LogP contribution is -2.48. The fraction of sp³-hybridized carbons (Fsp3) is 1.00. The van der Waals surface area contributed by atoms with Gasteiger partial charge in [0.25, 0.3) is 0 Å². The molecule has 1 saturated carbocycles. The zero-order valence-corrected chi connectivity index (χ0v) is 10.9. The molecular weight excluding hydrogens is 184 g/mol. The minimum atomic E-state index is 0.655. The molecule has 2 unspecified atom stereocenters. The standard InChI is InChI=1S/C13H28N2/c1-5-7-10-15(12-8-9-12)11(3)13(6-2)14-4/h11-14H,5-10H2,1-4H3. The van der Waals surface area contributed by atoms with E-state index in [-0.39, 0.29) is 0 Å². The molecule has 15 heavy (non-hydrogen) atoms. The van der Waals surface area contributed by atoms with E-state index in [1.54, 1.807) is 0 Å². The number of likely N-dealkylation sites (N-methyl/N-ethyl adjacent to an activating group) is 1. The highest BCUT2D eigenvalue weighted by Gasteiger charge is 2.33. The van der Waals surface area contributed by atoms with Crippen LogP contribution in [-0.2, 0) is 0 Å². The zero-order chi connectivity index (χ0) is 11.3. The van der Waals surface area contributed by atoms with Crippen LogP contribution < -0.4 is 5.32 Å². The summed E-state index contributed by atoms with van der Waals surface area (Å²) in [5.74, 6) is 0. The molecule has 2 heteroatoms. The fourth-order valence-electron chi connectivity index (χ4n) is 2.48. The van der Waals surface area contributed by atoms with Crippen LogP contribution in [0.1, 0.15) is 52.9 Å². The van der Waals surface area contributed by atoms with E-state index in [4.69, 9.17) is 0 Å². The molecule has 0 aliphatic heterocycles. The van der Waals surface area contributed by atoms with Gasteiger partial charge in [0.1, 0.15) is 0 Å². The van der Waals surface area contributed by atoms with Crippen molar-refractivity contribution < 1.29 is 0 Å². The van der Waals surface area contributed by atoms with Crippen LogP contribution >= 0.6 is 0 Å². The van der Waals surface area contributed by atoms with E-state index in [9.17, 15) is 0 Å². The fourth-order valence-corrected chi connectivity index (χ4v) is 2.48. The Labute approximate surface area is 95.4 Å². The molecule has 1 aliphatic rings. The first-order valence-corrected chi connectivity index (χ1v) is 6.67. The van der Waals surface area contributed by atoms with E-state index < -0.39 is 0 Å². The van der Waals surface area contributed by atoms with Crippen LogP contribution in [-0.4, -0.2) is 36.6 Å². The summed E-state index contributed by atoms with van der Waals surface area (Å²) in [7, 11) is 2.09. The Hall–Kier alpha value is -0.0800. The van der Waals surface area contributed by atoms with E-state index in [0.717, 1.165) is 6.04 Å². The molecule has 0 heterocycles. The molecule has 0 spiro atoms. The van der Waals surface area contributed by atoms with E-state index >= 15 is 0 Å². The van der Waals surface area contributed by atoms with Crippen LogP contribution in [0.2, 0.25) is 0 Å². The Morgan fingerprint density at radius 3 is 2.40 bits per heavy atom. The summed E-state index contributed by atoms with van der Waals surface area (Å²) in [6.45, 7) is 8.24. The van der Waals surface area contributed by atoms with Crippen molar-refractivity contribution in [1.29, 1.82) is 0 Å². The van der Waals surface area contributed by atoms with Gasteiger partial charge in [0.15, 0.2) is 0 Å². The monoisotopic (exact) mass is 212 g/mol. The van der Waals surface area contributed by atoms with E-state index in [2.05, 4.69) is 38.0 Å². The number of hydrogen-bond donors (Lipinski definition) is 1. The lowest BCUT2D eigenvalue weighted by Gasteiger charge is -2.34. The molecule has 0 saturated heterocycles. The van der Waals surface area contributed by atoms with Crippen LogP contribution in [0.4, 0.5) is 0 Å². The maximum absolute atomic E-state index is 3.45. The Morgan fingerprint density at radius 1 is 1.33 bits per heavy atom. The third kappa shape index (κ3) is 3.76. The van der Waals surface area contributed by atoms with Gasteiger partial charge >= 0.3 is 0 Å². The molecular formula is C13H28N2. The summed E-state index contributed by atoms with van der Waals surface area (Å²) < 4.78 is 0. The minimum Gasteiger partial charge on any atom is -0.315 e. The number of nitrogens with one attached hydrogen (secondary N) is 1. The molecule has 90 valence electrons. The SMILES string of the molecule is CCCCN(C1CC1)C(C)C(CC)NC. The number of hydrogen-bond acceptors (Lipinski definition) is 2. The van der Waals surface area contributed by atoms with Crippen LogP contribution in [0, 0.1) is 0 Å². The molecule has 1 N–H and O–H groups in total. The summed E-state index contributed by atoms with van der Waals surface area (Å²) in [6, 6.07) is 2.25. The summed E-state index contributed by atoms with van der Waals surface area (Å²) in [5, 5.41) is 3.45. The third-order valence-electron chi connectivity index (χ3n) is 3.70. The molecule has 0 radical (unpaired) electrons. The maximum Gasteiger partial charge on any atom is 0.0223 e. The van der Waals surface area contributed by atoms with Gasteiger partial charge in [-0.2, -0.15) is 0 Å². The first-order valence-electron chi connectivity index (χ1n) is 6.67. The molecule has 1 fully saturated rings. The van der Waals surface area contributed by atoms with Crippen molar-refractivity contribution in [2.24, 2.45) is 0 Å². The maximum atomic E-state index is 3.45. The van der Waals surface area contributed by atoms with Gasteiger partial charge in [-0.3, -0.25) is 4.90 Å². The first-order chi connectivity index (χ1) is 7.24. The predicted octanol–water partition coefficient (Wildman–Crippen LogP) is 2.64. The van der Waals surface area contributed by atoms with Crippen molar-refractivity contribution >= 4 is 0 Å². The average molecular weight is 212 g/mol. The van der Waals surface area contributed by atoms with Crippen molar-refractivity contribution in [3.05, 3.63) is 0 Å². The largest absolute Gasteiger partial charge is 0.315 e. The average Bonchev–Trinajstić information content (AvgIpc) is 3.04. The lowest BCUT2D eigenvalue weighted by molar-refractivity contribution is 0.158. The van der Waals surface area contributed by atoms with Crippen LogP contribution in [0.5, 0.6) is 0 Å². The smallest absolute Gasteiger partial charge is 0.0223 e. The molecule has 0 bridgehead atoms. The van der Waals surface area contributed by atoms with E-state index in [0.29, 0.717) is 12.1 Å². The summed E-state index contributed by atoms with van der Waals surface area (Å²) in [6.07, 6.45) is 6.74. The van der Waals surface area contributed by atoms with Gasteiger partial charge in [0.2, 0.25) is 0 Å². The zero-order valence-electron chi connectivity index (χ0n) is 10.9. The molecule has 1 aliphatic carbocycles. The Balaban J connectivity index is 2.45. The molecule has 0 aromatic carbocycles. The highest BCUT2D eigenvalue weighted by Crippen LogP contribution is 2.30. The summed E-state index contributed by atoms with van der Waals surface area (Å²) in [4.78, 5) is 2.73. The molecule has 0 amide bonds. The number of rotatable bonds is 8.